The topological polar surface area (TPSA) is 52.1 Å². The summed E-state index contributed by atoms with van der Waals surface area (Å²) in [5, 5.41) is 0.616. The maximum absolute atomic E-state index is 12.3. The van der Waals surface area contributed by atoms with E-state index in [4.69, 9.17) is 9.72 Å². The standard InChI is InChI=1S/C15H18N2O2S3/c1-4-19-13(18)12-9-6-5-8-7-16-15(21-3)17-11(8)10(9)14(20-2)22-12/h7,12,14H,4-6H2,1-3H3. The van der Waals surface area contributed by atoms with E-state index in [1.54, 1.807) is 35.3 Å². The van der Waals surface area contributed by atoms with Gasteiger partial charge in [0.1, 0.15) is 5.25 Å². The van der Waals surface area contributed by atoms with E-state index < -0.39 is 0 Å². The Balaban J connectivity index is 2.05. The number of fused-ring (bicyclic) bond motifs is 2. The van der Waals surface area contributed by atoms with Crippen LogP contribution in [0.15, 0.2) is 16.9 Å². The minimum absolute atomic E-state index is 0.112. The Morgan fingerprint density at radius 3 is 2.95 bits per heavy atom. The first-order valence-corrected chi connectivity index (χ1v) is 10.6. The number of hydrogen-bond donors (Lipinski definition) is 0. The lowest BCUT2D eigenvalue weighted by molar-refractivity contribution is -0.141. The molecule has 1 aromatic heterocycles. The van der Waals surface area contributed by atoms with Gasteiger partial charge >= 0.3 is 5.97 Å². The van der Waals surface area contributed by atoms with E-state index in [-0.39, 0.29) is 15.8 Å². The average molecular weight is 355 g/mol. The van der Waals surface area contributed by atoms with Crippen molar-refractivity contribution in [2.75, 3.05) is 19.1 Å². The zero-order valence-corrected chi connectivity index (χ0v) is 15.2. The second kappa shape index (κ2) is 6.84. The highest BCUT2D eigenvalue weighted by atomic mass is 32.2. The van der Waals surface area contributed by atoms with Gasteiger partial charge in [-0.2, -0.15) is 0 Å². The molecule has 0 fully saturated rings. The zero-order chi connectivity index (χ0) is 15.7. The summed E-state index contributed by atoms with van der Waals surface area (Å²) in [6, 6.07) is 0. The number of carbonyl (C=O) groups is 1. The summed E-state index contributed by atoms with van der Waals surface area (Å²) in [4.78, 5) is 21.4. The Morgan fingerprint density at radius 2 is 2.27 bits per heavy atom. The molecule has 1 aliphatic heterocycles. The van der Waals surface area contributed by atoms with Crippen molar-refractivity contribution in [3.05, 3.63) is 23.0 Å². The number of aromatic nitrogens is 2. The molecule has 0 spiro atoms. The van der Waals surface area contributed by atoms with Gasteiger partial charge in [0.05, 0.1) is 16.9 Å². The second-order valence-corrected chi connectivity index (χ2v) is 8.23. The molecule has 0 N–H and O–H groups in total. The lowest BCUT2D eigenvalue weighted by atomic mass is 9.89. The summed E-state index contributed by atoms with van der Waals surface area (Å²) in [6.45, 7) is 2.28. The molecule has 2 unspecified atom stereocenters. The van der Waals surface area contributed by atoms with Crippen LogP contribution < -0.4 is 0 Å². The highest BCUT2D eigenvalue weighted by Crippen LogP contribution is 2.52. The Morgan fingerprint density at radius 1 is 1.45 bits per heavy atom. The van der Waals surface area contributed by atoms with Crippen molar-refractivity contribution >= 4 is 46.8 Å². The maximum Gasteiger partial charge on any atom is 0.323 e. The van der Waals surface area contributed by atoms with Crippen LogP contribution >= 0.6 is 35.3 Å². The SMILES string of the molecule is CCOC(=O)C1SC(SC)C2=C1CCc1cnc(SC)nc12. The van der Waals surface area contributed by atoms with E-state index in [1.165, 1.54) is 16.7 Å². The predicted octanol–water partition coefficient (Wildman–Crippen LogP) is 3.27. The maximum atomic E-state index is 12.3. The molecule has 2 aliphatic rings. The Kier molecular flexibility index (Phi) is 5.04. The van der Waals surface area contributed by atoms with Crippen molar-refractivity contribution in [2.45, 2.75) is 34.8 Å². The molecule has 0 saturated heterocycles. The second-order valence-electron chi connectivity index (χ2n) is 5.01. The van der Waals surface area contributed by atoms with E-state index >= 15 is 0 Å². The number of ether oxygens (including phenoxy) is 1. The monoisotopic (exact) mass is 354 g/mol. The van der Waals surface area contributed by atoms with Crippen molar-refractivity contribution in [1.82, 2.24) is 9.97 Å². The van der Waals surface area contributed by atoms with Gasteiger partial charge in [0.15, 0.2) is 5.16 Å². The molecule has 4 nitrogen and oxygen atoms in total. The van der Waals surface area contributed by atoms with Gasteiger partial charge in [-0.05, 0) is 43.4 Å². The van der Waals surface area contributed by atoms with E-state index in [9.17, 15) is 4.79 Å². The van der Waals surface area contributed by atoms with Gasteiger partial charge in [0.25, 0.3) is 0 Å². The third-order valence-electron chi connectivity index (χ3n) is 3.82. The summed E-state index contributed by atoms with van der Waals surface area (Å²) >= 11 is 5.00. The fourth-order valence-corrected chi connectivity index (χ4v) is 5.71. The van der Waals surface area contributed by atoms with Gasteiger partial charge < -0.3 is 4.74 Å². The van der Waals surface area contributed by atoms with Crippen LogP contribution in [0.4, 0.5) is 0 Å². The summed E-state index contributed by atoms with van der Waals surface area (Å²) < 4.78 is 5.50. The zero-order valence-electron chi connectivity index (χ0n) is 12.8. The quantitative estimate of drug-likeness (QED) is 0.467. The smallest absolute Gasteiger partial charge is 0.323 e. The molecule has 3 rings (SSSR count). The molecule has 2 heterocycles. The lowest BCUT2D eigenvalue weighted by Gasteiger charge is -2.21. The number of aryl methyl sites for hydroxylation is 1. The van der Waals surface area contributed by atoms with Gasteiger partial charge in [0.2, 0.25) is 0 Å². The average Bonchev–Trinajstić information content (AvgIpc) is 2.93. The van der Waals surface area contributed by atoms with Gasteiger partial charge in [-0.25, -0.2) is 9.97 Å². The number of carbonyl (C=O) groups excluding carboxylic acids is 1. The number of rotatable bonds is 4. The van der Waals surface area contributed by atoms with Crippen LogP contribution in [-0.2, 0) is 16.0 Å². The third kappa shape index (κ3) is 2.78. The van der Waals surface area contributed by atoms with E-state index in [0.717, 1.165) is 23.7 Å². The largest absolute Gasteiger partial charge is 0.465 e. The number of esters is 1. The Labute approximate surface area is 143 Å². The summed E-state index contributed by atoms with van der Waals surface area (Å²) in [7, 11) is 0. The third-order valence-corrected chi connectivity index (χ3v) is 7.18. The molecule has 0 radical (unpaired) electrons. The molecule has 22 heavy (non-hydrogen) atoms. The molecule has 1 aromatic rings. The van der Waals surface area contributed by atoms with Crippen LogP contribution in [0.5, 0.6) is 0 Å². The molecule has 118 valence electrons. The van der Waals surface area contributed by atoms with Gasteiger partial charge in [-0.1, -0.05) is 11.8 Å². The fraction of sp³-hybridized carbons (Fsp3) is 0.533. The summed E-state index contributed by atoms with van der Waals surface area (Å²) in [5.74, 6) is -0.112. The molecule has 2 atom stereocenters. The summed E-state index contributed by atoms with van der Waals surface area (Å²) in [5.41, 5.74) is 4.68. The normalized spacial score (nSPS) is 23.2. The van der Waals surface area contributed by atoms with Gasteiger partial charge in [-0.3, -0.25) is 4.79 Å². The van der Waals surface area contributed by atoms with Gasteiger partial charge in [-0.15, -0.1) is 23.5 Å². The van der Waals surface area contributed by atoms with Crippen molar-refractivity contribution in [3.8, 4) is 0 Å². The number of thioether (sulfide) groups is 3. The van der Waals surface area contributed by atoms with E-state index in [0.29, 0.717) is 6.61 Å². The molecule has 0 saturated carbocycles. The van der Waals surface area contributed by atoms with Gasteiger partial charge in [0, 0.05) is 11.8 Å². The van der Waals surface area contributed by atoms with Crippen LogP contribution in [0.25, 0.3) is 5.57 Å². The first-order valence-electron chi connectivity index (χ1n) is 7.17. The van der Waals surface area contributed by atoms with Crippen LogP contribution in [0.3, 0.4) is 0 Å². The predicted molar refractivity (Wildman–Crippen MR) is 94.4 cm³/mol. The first kappa shape index (κ1) is 16.2. The number of hydrogen-bond acceptors (Lipinski definition) is 7. The first-order chi connectivity index (χ1) is 10.7. The molecular formula is C15H18N2O2S3. The molecule has 0 amide bonds. The Bertz CT molecular complexity index is 633. The van der Waals surface area contributed by atoms with Crippen LogP contribution in [-0.4, -0.2) is 44.9 Å². The highest BCUT2D eigenvalue weighted by Gasteiger charge is 2.42. The minimum atomic E-state index is -0.173. The van der Waals surface area contributed by atoms with Crippen molar-refractivity contribution in [3.63, 3.8) is 0 Å². The van der Waals surface area contributed by atoms with Crippen molar-refractivity contribution in [2.24, 2.45) is 0 Å². The van der Waals surface area contributed by atoms with Crippen LogP contribution in [0.1, 0.15) is 24.6 Å². The molecular weight excluding hydrogens is 336 g/mol. The minimum Gasteiger partial charge on any atom is -0.465 e. The van der Waals surface area contributed by atoms with E-state index in [1.807, 2.05) is 19.4 Å². The molecule has 0 bridgehead atoms. The number of nitrogens with zero attached hydrogens (tertiary/aromatic N) is 2. The molecule has 7 heteroatoms. The Hall–Kier alpha value is -0.660. The molecule has 0 aromatic carbocycles. The highest BCUT2D eigenvalue weighted by molar-refractivity contribution is 8.18. The summed E-state index contributed by atoms with van der Waals surface area (Å²) in [6.07, 6.45) is 7.81. The van der Waals surface area contributed by atoms with Crippen LogP contribution in [0.2, 0.25) is 0 Å². The van der Waals surface area contributed by atoms with E-state index in [2.05, 4.69) is 11.2 Å². The molecule has 1 aliphatic carbocycles. The van der Waals surface area contributed by atoms with Crippen molar-refractivity contribution < 1.29 is 9.53 Å². The van der Waals surface area contributed by atoms with Crippen LogP contribution in [0, 0.1) is 0 Å². The fourth-order valence-electron chi connectivity index (χ4n) is 2.86. The lowest BCUT2D eigenvalue weighted by Crippen LogP contribution is -2.22. The van der Waals surface area contributed by atoms with Crippen molar-refractivity contribution in [1.29, 1.82) is 0 Å².